The summed E-state index contributed by atoms with van der Waals surface area (Å²) in [4.78, 5) is 23.4. The first-order valence-corrected chi connectivity index (χ1v) is 8.38. The third kappa shape index (κ3) is 3.05. The molecule has 1 saturated heterocycles. The van der Waals surface area contributed by atoms with Crippen LogP contribution in [0.25, 0.3) is 11.5 Å². The van der Waals surface area contributed by atoms with Crippen molar-refractivity contribution in [3.05, 3.63) is 48.5 Å². The highest BCUT2D eigenvalue weighted by atomic mass is 16.5. The van der Waals surface area contributed by atoms with E-state index in [1.165, 1.54) is 0 Å². The molecule has 3 aromatic rings. The quantitative estimate of drug-likeness (QED) is 0.681. The summed E-state index contributed by atoms with van der Waals surface area (Å²) in [5.41, 5.74) is 0.888. The number of aryl methyl sites for hydroxylation is 1. The molecule has 4 rings (SSSR count). The molecule has 1 atom stereocenters. The van der Waals surface area contributed by atoms with Gasteiger partial charge in [-0.2, -0.15) is 4.98 Å². The third-order valence-corrected chi connectivity index (χ3v) is 4.55. The molecule has 7 nitrogen and oxygen atoms in total. The normalized spacial score (nSPS) is 17.6. The molecule has 0 spiro atoms. The number of carbonyl (C=O) groups is 1. The van der Waals surface area contributed by atoms with E-state index in [-0.39, 0.29) is 11.7 Å². The second-order valence-electron chi connectivity index (χ2n) is 6.28. The number of ketones is 1. The molecule has 0 bridgehead atoms. The van der Waals surface area contributed by atoms with Gasteiger partial charge in [0, 0.05) is 44.0 Å². The Morgan fingerprint density at radius 1 is 1.28 bits per heavy atom. The van der Waals surface area contributed by atoms with Gasteiger partial charge in [0.15, 0.2) is 5.82 Å². The molecule has 0 amide bonds. The van der Waals surface area contributed by atoms with Crippen molar-refractivity contribution in [2.24, 2.45) is 13.0 Å². The van der Waals surface area contributed by atoms with Crippen LogP contribution in [0.5, 0.6) is 0 Å². The zero-order valence-corrected chi connectivity index (χ0v) is 14.0. The maximum absolute atomic E-state index is 12.7. The van der Waals surface area contributed by atoms with Crippen LogP contribution in [0.1, 0.15) is 23.5 Å². The average Bonchev–Trinajstić information content (AvgIpc) is 3.31. The number of Topliss-reactive ketones (excluding diaryl/α,β-unsaturated/α-hetero) is 1. The molecule has 1 unspecified atom stereocenters. The molecule has 1 aromatic carbocycles. The highest BCUT2D eigenvalue weighted by molar-refractivity contribution is 5.95. The van der Waals surface area contributed by atoms with Crippen LogP contribution < -0.4 is 4.90 Å². The fourth-order valence-electron chi connectivity index (χ4n) is 3.20. The zero-order chi connectivity index (χ0) is 17.2. The van der Waals surface area contributed by atoms with Gasteiger partial charge >= 0.3 is 0 Å². The van der Waals surface area contributed by atoms with E-state index in [0.29, 0.717) is 24.2 Å². The van der Waals surface area contributed by atoms with Crippen molar-refractivity contribution in [2.45, 2.75) is 12.8 Å². The minimum atomic E-state index is -0.103. The summed E-state index contributed by atoms with van der Waals surface area (Å²) in [6.45, 7) is 1.40. The van der Waals surface area contributed by atoms with E-state index in [4.69, 9.17) is 4.52 Å². The Morgan fingerprint density at radius 2 is 2.12 bits per heavy atom. The summed E-state index contributed by atoms with van der Waals surface area (Å²) in [5, 5.41) is 4.10. The summed E-state index contributed by atoms with van der Waals surface area (Å²) in [5.74, 6) is 1.51. The number of hydrogen-bond acceptors (Lipinski definition) is 6. The van der Waals surface area contributed by atoms with Crippen LogP contribution in [0.2, 0.25) is 0 Å². The molecule has 128 valence electrons. The van der Waals surface area contributed by atoms with Gasteiger partial charge in [0.1, 0.15) is 0 Å². The maximum atomic E-state index is 12.7. The second-order valence-corrected chi connectivity index (χ2v) is 6.28. The van der Waals surface area contributed by atoms with E-state index < -0.39 is 0 Å². The van der Waals surface area contributed by atoms with Crippen LogP contribution in [0.3, 0.4) is 0 Å². The Balaban J connectivity index is 1.51. The van der Waals surface area contributed by atoms with E-state index in [2.05, 4.69) is 15.1 Å². The predicted octanol–water partition coefficient (Wildman–Crippen LogP) is 2.57. The summed E-state index contributed by atoms with van der Waals surface area (Å²) < 4.78 is 7.15. The van der Waals surface area contributed by atoms with Crippen molar-refractivity contribution in [1.29, 1.82) is 0 Å². The molecule has 2 aromatic heterocycles. The van der Waals surface area contributed by atoms with Crippen LogP contribution in [0.15, 0.2) is 47.2 Å². The summed E-state index contributed by atoms with van der Waals surface area (Å²) in [6.07, 6.45) is 5.21. The first kappa shape index (κ1) is 15.6. The van der Waals surface area contributed by atoms with E-state index in [1.54, 1.807) is 17.0 Å². The first-order valence-electron chi connectivity index (χ1n) is 8.38. The molecule has 7 heteroatoms. The van der Waals surface area contributed by atoms with Crippen LogP contribution in [0.4, 0.5) is 5.95 Å². The predicted molar refractivity (Wildman–Crippen MR) is 92.2 cm³/mol. The lowest BCUT2D eigenvalue weighted by Crippen LogP contribution is -2.39. The van der Waals surface area contributed by atoms with Gasteiger partial charge in [-0.05, 0) is 30.1 Å². The van der Waals surface area contributed by atoms with Gasteiger partial charge in [-0.3, -0.25) is 4.79 Å². The van der Waals surface area contributed by atoms with Crippen molar-refractivity contribution in [3.63, 3.8) is 0 Å². The lowest BCUT2D eigenvalue weighted by molar-refractivity contribution is 0.0893. The van der Waals surface area contributed by atoms with Crippen molar-refractivity contribution in [2.75, 3.05) is 18.0 Å². The summed E-state index contributed by atoms with van der Waals surface area (Å²) in [7, 11) is 1.84. The molecule has 0 aliphatic carbocycles. The Labute approximate surface area is 145 Å². The van der Waals surface area contributed by atoms with Crippen LogP contribution in [0, 0.1) is 5.92 Å². The van der Waals surface area contributed by atoms with Crippen molar-refractivity contribution in [1.82, 2.24) is 19.7 Å². The summed E-state index contributed by atoms with van der Waals surface area (Å²) >= 11 is 0. The fraction of sp³-hybridized carbons (Fsp3) is 0.333. The molecular weight excluding hydrogens is 318 g/mol. The SMILES string of the molecule is Cn1ccnc1C(=O)C1CCCN(c2noc(-c3ccccc3)n2)C1. The largest absolute Gasteiger partial charge is 0.337 e. The molecule has 0 N–H and O–H groups in total. The number of rotatable bonds is 4. The fourth-order valence-corrected chi connectivity index (χ4v) is 3.20. The number of carbonyl (C=O) groups excluding carboxylic acids is 1. The highest BCUT2D eigenvalue weighted by Gasteiger charge is 2.30. The standard InChI is InChI=1S/C18H19N5O2/c1-22-11-9-19-16(22)15(24)14-8-5-10-23(12-14)18-20-17(25-21-18)13-6-3-2-4-7-13/h2-4,6-7,9,11,14H,5,8,10,12H2,1H3. The smallest absolute Gasteiger partial charge is 0.266 e. The minimum absolute atomic E-state index is 0.0731. The Kier molecular flexibility index (Phi) is 4.05. The Bertz CT molecular complexity index is 870. The molecule has 25 heavy (non-hydrogen) atoms. The number of imidazole rings is 1. The second kappa shape index (κ2) is 6.51. The number of hydrogen-bond donors (Lipinski definition) is 0. The monoisotopic (exact) mass is 337 g/mol. The van der Waals surface area contributed by atoms with Gasteiger partial charge in [-0.1, -0.05) is 18.2 Å². The molecular formula is C18H19N5O2. The molecule has 1 fully saturated rings. The molecule has 0 saturated carbocycles. The molecule has 3 heterocycles. The Hall–Kier alpha value is -2.96. The highest BCUT2D eigenvalue weighted by Crippen LogP contribution is 2.25. The van der Waals surface area contributed by atoms with Gasteiger partial charge in [0.2, 0.25) is 5.78 Å². The van der Waals surface area contributed by atoms with Crippen molar-refractivity contribution in [3.8, 4) is 11.5 Å². The lowest BCUT2D eigenvalue weighted by Gasteiger charge is -2.30. The van der Waals surface area contributed by atoms with Gasteiger partial charge in [0.05, 0.1) is 0 Å². The van der Waals surface area contributed by atoms with E-state index in [1.807, 2.05) is 42.3 Å². The first-order chi connectivity index (χ1) is 12.2. The Morgan fingerprint density at radius 3 is 2.88 bits per heavy atom. The van der Waals surface area contributed by atoms with Crippen LogP contribution in [-0.4, -0.2) is 38.6 Å². The maximum Gasteiger partial charge on any atom is 0.266 e. The molecule has 1 aliphatic heterocycles. The van der Waals surface area contributed by atoms with Crippen molar-refractivity contribution >= 4 is 11.7 Å². The number of piperidine rings is 1. The van der Waals surface area contributed by atoms with Crippen molar-refractivity contribution < 1.29 is 9.32 Å². The number of anilines is 1. The average molecular weight is 337 g/mol. The van der Waals surface area contributed by atoms with Gasteiger partial charge < -0.3 is 14.0 Å². The minimum Gasteiger partial charge on any atom is -0.337 e. The number of nitrogens with zero attached hydrogens (tertiary/aromatic N) is 5. The molecule has 0 radical (unpaired) electrons. The van der Waals surface area contributed by atoms with E-state index in [9.17, 15) is 4.79 Å². The van der Waals surface area contributed by atoms with Gasteiger partial charge in [-0.25, -0.2) is 4.98 Å². The van der Waals surface area contributed by atoms with Crippen LogP contribution >= 0.6 is 0 Å². The van der Waals surface area contributed by atoms with E-state index in [0.717, 1.165) is 24.9 Å². The third-order valence-electron chi connectivity index (χ3n) is 4.55. The molecule has 1 aliphatic rings. The van der Waals surface area contributed by atoms with Gasteiger partial charge in [-0.15, -0.1) is 0 Å². The van der Waals surface area contributed by atoms with E-state index >= 15 is 0 Å². The zero-order valence-electron chi connectivity index (χ0n) is 14.0. The summed E-state index contributed by atoms with van der Waals surface area (Å²) in [6, 6.07) is 9.67. The van der Waals surface area contributed by atoms with Crippen LogP contribution in [-0.2, 0) is 7.05 Å². The number of aromatic nitrogens is 4. The number of benzene rings is 1. The van der Waals surface area contributed by atoms with Gasteiger partial charge in [0.25, 0.3) is 11.8 Å². The topological polar surface area (TPSA) is 77.0 Å². The lowest BCUT2D eigenvalue weighted by atomic mass is 9.93.